The summed E-state index contributed by atoms with van der Waals surface area (Å²) in [5.41, 5.74) is 1.80. The number of nitrogens with zero attached hydrogens (tertiary/aromatic N) is 1. The fourth-order valence-corrected chi connectivity index (χ4v) is 3.98. The first-order valence-electron chi connectivity index (χ1n) is 9.27. The lowest BCUT2D eigenvalue weighted by atomic mass is 9.88. The molecule has 2 aromatic rings. The van der Waals surface area contributed by atoms with Crippen LogP contribution in [-0.2, 0) is 4.79 Å². The minimum absolute atomic E-state index is 0.00792. The van der Waals surface area contributed by atoms with Gasteiger partial charge in [-0.3, -0.25) is 9.59 Å². The maximum atomic E-state index is 13.0. The van der Waals surface area contributed by atoms with E-state index in [1.54, 1.807) is 12.1 Å². The van der Waals surface area contributed by atoms with Gasteiger partial charge in [0.05, 0.1) is 0 Å². The van der Waals surface area contributed by atoms with Crippen molar-refractivity contribution in [2.75, 3.05) is 13.1 Å². The first-order chi connectivity index (χ1) is 12.6. The van der Waals surface area contributed by atoms with Crippen LogP contribution in [0.25, 0.3) is 0 Å². The topological polar surface area (TPSA) is 37.4 Å². The molecule has 0 aromatic heterocycles. The highest BCUT2D eigenvalue weighted by molar-refractivity contribution is 5.98. The summed E-state index contributed by atoms with van der Waals surface area (Å²) in [5, 5.41) is 0. The number of benzene rings is 2. The van der Waals surface area contributed by atoms with E-state index in [9.17, 15) is 14.0 Å². The maximum absolute atomic E-state index is 13.0. The summed E-state index contributed by atoms with van der Waals surface area (Å²) in [4.78, 5) is 27.2. The Morgan fingerprint density at radius 2 is 1.58 bits per heavy atom. The van der Waals surface area contributed by atoms with E-state index in [1.807, 2.05) is 35.2 Å². The van der Waals surface area contributed by atoms with Crippen molar-refractivity contribution in [2.45, 2.75) is 25.2 Å². The van der Waals surface area contributed by atoms with Gasteiger partial charge in [-0.2, -0.15) is 0 Å². The van der Waals surface area contributed by atoms with E-state index in [-0.39, 0.29) is 35.3 Å². The van der Waals surface area contributed by atoms with Gasteiger partial charge in [0.15, 0.2) is 5.78 Å². The molecule has 26 heavy (non-hydrogen) atoms. The Labute approximate surface area is 152 Å². The Kier molecular flexibility index (Phi) is 4.58. The van der Waals surface area contributed by atoms with E-state index < -0.39 is 0 Å². The van der Waals surface area contributed by atoms with Crippen LogP contribution in [0.2, 0.25) is 0 Å². The Morgan fingerprint density at radius 3 is 2.23 bits per heavy atom. The van der Waals surface area contributed by atoms with E-state index in [1.165, 1.54) is 12.1 Å². The van der Waals surface area contributed by atoms with Crippen LogP contribution in [0, 0.1) is 17.7 Å². The number of amides is 1. The summed E-state index contributed by atoms with van der Waals surface area (Å²) >= 11 is 0. The first-order valence-corrected chi connectivity index (χ1v) is 9.27. The lowest BCUT2D eigenvalue weighted by Gasteiger charge is -2.31. The quantitative estimate of drug-likeness (QED) is 0.779. The fourth-order valence-electron chi connectivity index (χ4n) is 3.98. The Hall–Kier alpha value is -2.49. The zero-order valence-corrected chi connectivity index (χ0v) is 14.6. The number of Topliss-reactive ketones (excluding diaryl/α,β-unsaturated/α-hetero) is 1. The predicted octanol–water partition coefficient (Wildman–Crippen LogP) is 4.05. The van der Waals surface area contributed by atoms with Crippen molar-refractivity contribution in [3.63, 3.8) is 0 Å². The van der Waals surface area contributed by atoms with Gasteiger partial charge in [-0.05, 0) is 42.9 Å². The van der Waals surface area contributed by atoms with Gasteiger partial charge in [0, 0.05) is 30.5 Å². The van der Waals surface area contributed by atoms with Crippen LogP contribution in [-0.4, -0.2) is 29.7 Å². The summed E-state index contributed by atoms with van der Waals surface area (Å²) in [7, 11) is 0. The van der Waals surface area contributed by atoms with Crippen LogP contribution in [0.5, 0.6) is 0 Å². The SMILES string of the molecule is O=C(c1ccccc1)C1CCN(C(=O)C2CC2c2ccc(F)cc2)CC1. The molecule has 2 aliphatic rings. The molecule has 0 N–H and O–H groups in total. The molecule has 2 aromatic carbocycles. The second kappa shape index (κ2) is 7.02. The number of rotatable bonds is 4. The molecule has 0 bridgehead atoms. The highest BCUT2D eigenvalue weighted by Gasteiger charge is 2.46. The molecule has 1 saturated carbocycles. The molecule has 4 rings (SSSR count). The minimum Gasteiger partial charge on any atom is -0.342 e. The second-order valence-corrected chi connectivity index (χ2v) is 7.33. The van der Waals surface area contributed by atoms with Crippen LogP contribution < -0.4 is 0 Å². The van der Waals surface area contributed by atoms with E-state index in [4.69, 9.17) is 0 Å². The third-order valence-corrected chi connectivity index (χ3v) is 5.64. The molecule has 0 radical (unpaired) electrons. The largest absolute Gasteiger partial charge is 0.342 e. The highest BCUT2D eigenvalue weighted by atomic mass is 19.1. The number of likely N-dealkylation sites (tertiary alicyclic amines) is 1. The molecule has 2 unspecified atom stereocenters. The highest BCUT2D eigenvalue weighted by Crippen LogP contribution is 2.48. The molecule has 0 spiro atoms. The Balaban J connectivity index is 1.32. The van der Waals surface area contributed by atoms with E-state index in [0.717, 1.165) is 30.4 Å². The fraction of sp³-hybridized carbons (Fsp3) is 0.364. The number of hydrogen-bond acceptors (Lipinski definition) is 2. The maximum Gasteiger partial charge on any atom is 0.226 e. The number of piperidine rings is 1. The monoisotopic (exact) mass is 351 g/mol. The number of halogens is 1. The number of carbonyl (C=O) groups excluding carboxylic acids is 2. The van der Waals surface area contributed by atoms with Gasteiger partial charge in [0.25, 0.3) is 0 Å². The van der Waals surface area contributed by atoms with Crippen LogP contribution >= 0.6 is 0 Å². The first kappa shape index (κ1) is 17.0. The van der Waals surface area contributed by atoms with Crippen molar-refractivity contribution in [1.29, 1.82) is 0 Å². The second-order valence-electron chi connectivity index (χ2n) is 7.33. The van der Waals surface area contributed by atoms with Gasteiger partial charge in [-0.1, -0.05) is 42.5 Å². The van der Waals surface area contributed by atoms with Crippen LogP contribution in [0.4, 0.5) is 4.39 Å². The van der Waals surface area contributed by atoms with Crippen LogP contribution in [0.3, 0.4) is 0 Å². The van der Waals surface area contributed by atoms with E-state index in [0.29, 0.717) is 13.1 Å². The molecule has 1 aliphatic carbocycles. The number of ketones is 1. The van der Waals surface area contributed by atoms with Crippen molar-refractivity contribution in [3.8, 4) is 0 Å². The molecule has 134 valence electrons. The molecular formula is C22H22FNO2. The third kappa shape index (κ3) is 3.41. The van der Waals surface area contributed by atoms with Gasteiger partial charge in [-0.25, -0.2) is 4.39 Å². The molecule has 1 aliphatic heterocycles. The lowest BCUT2D eigenvalue weighted by Crippen LogP contribution is -2.41. The molecule has 1 amide bonds. The molecule has 2 fully saturated rings. The Morgan fingerprint density at radius 1 is 0.923 bits per heavy atom. The van der Waals surface area contributed by atoms with Crippen molar-refractivity contribution in [1.82, 2.24) is 4.90 Å². The van der Waals surface area contributed by atoms with Gasteiger partial charge < -0.3 is 4.90 Å². The van der Waals surface area contributed by atoms with Gasteiger partial charge in [0.2, 0.25) is 5.91 Å². The smallest absolute Gasteiger partial charge is 0.226 e. The van der Waals surface area contributed by atoms with Crippen molar-refractivity contribution >= 4 is 11.7 Å². The van der Waals surface area contributed by atoms with Crippen LogP contribution in [0.15, 0.2) is 54.6 Å². The van der Waals surface area contributed by atoms with Crippen LogP contribution in [0.1, 0.15) is 41.1 Å². The van der Waals surface area contributed by atoms with Crippen molar-refractivity contribution < 1.29 is 14.0 Å². The summed E-state index contributed by atoms with van der Waals surface area (Å²) in [5.74, 6) is 0.364. The van der Waals surface area contributed by atoms with Gasteiger partial charge in [0.1, 0.15) is 5.82 Å². The van der Waals surface area contributed by atoms with Gasteiger partial charge in [-0.15, -0.1) is 0 Å². The lowest BCUT2D eigenvalue weighted by molar-refractivity contribution is -0.133. The van der Waals surface area contributed by atoms with E-state index in [2.05, 4.69) is 0 Å². The summed E-state index contributed by atoms with van der Waals surface area (Å²) in [6.45, 7) is 1.30. The van der Waals surface area contributed by atoms with Crippen molar-refractivity contribution in [2.24, 2.45) is 11.8 Å². The minimum atomic E-state index is -0.248. The third-order valence-electron chi connectivity index (χ3n) is 5.64. The number of hydrogen-bond donors (Lipinski definition) is 0. The molecule has 1 saturated heterocycles. The average Bonchev–Trinajstić information content (AvgIpc) is 3.49. The number of carbonyl (C=O) groups is 2. The summed E-state index contributed by atoms with van der Waals surface area (Å²) < 4.78 is 13.0. The summed E-state index contributed by atoms with van der Waals surface area (Å²) in [6, 6.07) is 15.9. The summed E-state index contributed by atoms with van der Waals surface area (Å²) in [6.07, 6.45) is 2.30. The molecular weight excluding hydrogens is 329 g/mol. The molecule has 4 heteroatoms. The van der Waals surface area contributed by atoms with Gasteiger partial charge >= 0.3 is 0 Å². The Bertz CT molecular complexity index is 795. The standard InChI is InChI=1S/C22H22FNO2/c23-18-8-6-15(7-9-18)19-14-20(19)22(26)24-12-10-17(11-13-24)21(25)16-4-2-1-3-5-16/h1-9,17,19-20H,10-14H2. The zero-order valence-electron chi connectivity index (χ0n) is 14.6. The van der Waals surface area contributed by atoms with E-state index >= 15 is 0 Å². The zero-order chi connectivity index (χ0) is 18.1. The molecule has 1 heterocycles. The average molecular weight is 351 g/mol. The van der Waals surface area contributed by atoms with Crippen molar-refractivity contribution in [3.05, 3.63) is 71.5 Å². The molecule has 2 atom stereocenters. The predicted molar refractivity (Wildman–Crippen MR) is 97.3 cm³/mol. The normalized spacial score (nSPS) is 22.9. The molecule has 3 nitrogen and oxygen atoms in total.